The van der Waals surface area contributed by atoms with Gasteiger partial charge < -0.3 is 9.84 Å². The van der Waals surface area contributed by atoms with Gasteiger partial charge in [-0.3, -0.25) is 4.79 Å². The summed E-state index contributed by atoms with van der Waals surface area (Å²) in [6.45, 7) is 0.145. The largest absolute Gasteiger partial charge is 0.493 e. The summed E-state index contributed by atoms with van der Waals surface area (Å²) in [6.07, 6.45) is 0.925. The lowest BCUT2D eigenvalue weighted by Gasteiger charge is -2.19. The fourth-order valence-corrected chi connectivity index (χ4v) is 3.33. The van der Waals surface area contributed by atoms with Crippen molar-refractivity contribution in [2.24, 2.45) is 11.8 Å². The Kier molecular flexibility index (Phi) is 4.47. The molecule has 18 heavy (non-hydrogen) atoms. The summed E-state index contributed by atoms with van der Waals surface area (Å²) in [5.74, 6) is 0.953. The van der Waals surface area contributed by atoms with Gasteiger partial charge in [-0.1, -0.05) is 0 Å². The molecule has 98 valence electrons. The Morgan fingerprint density at radius 2 is 2.22 bits per heavy atom. The van der Waals surface area contributed by atoms with E-state index >= 15 is 0 Å². The monoisotopic (exact) mass is 270 g/mol. The predicted molar refractivity (Wildman–Crippen MR) is 68.5 cm³/mol. The van der Waals surface area contributed by atoms with Gasteiger partial charge in [-0.05, 0) is 48.1 Å². The van der Waals surface area contributed by atoms with Crippen LogP contribution in [0, 0.1) is 17.7 Å². The zero-order valence-electron chi connectivity index (χ0n) is 9.84. The first-order valence-corrected chi connectivity index (χ1v) is 7.01. The summed E-state index contributed by atoms with van der Waals surface area (Å²) >= 11 is 1.78. The molecule has 1 aliphatic heterocycles. The zero-order chi connectivity index (χ0) is 13.0. The van der Waals surface area contributed by atoms with Crippen LogP contribution >= 0.6 is 11.8 Å². The van der Waals surface area contributed by atoms with Crippen molar-refractivity contribution in [1.29, 1.82) is 0 Å². The number of ether oxygens (including phenoxy) is 1. The van der Waals surface area contributed by atoms with E-state index in [-0.39, 0.29) is 18.3 Å². The fourth-order valence-electron chi connectivity index (χ4n) is 2.00. The van der Waals surface area contributed by atoms with Gasteiger partial charge in [-0.2, -0.15) is 11.8 Å². The van der Waals surface area contributed by atoms with Crippen molar-refractivity contribution in [2.75, 3.05) is 18.1 Å². The van der Waals surface area contributed by atoms with Crippen molar-refractivity contribution in [1.82, 2.24) is 0 Å². The number of halogens is 1. The predicted octanol–water partition coefficient (Wildman–Crippen LogP) is 2.66. The van der Waals surface area contributed by atoms with E-state index in [1.807, 2.05) is 0 Å². The third-order valence-electron chi connectivity index (χ3n) is 3.09. The smallest absolute Gasteiger partial charge is 0.310 e. The fraction of sp³-hybridized carbons (Fsp3) is 0.462. The number of hydrogen-bond acceptors (Lipinski definition) is 3. The van der Waals surface area contributed by atoms with Crippen LogP contribution in [0.4, 0.5) is 4.39 Å². The van der Waals surface area contributed by atoms with Gasteiger partial charge >= 0.3 is 5.97 Å². The van der Waals surface area contributed by atoms with Crippen LogP contribution in [0.25, 0.3) is 0 Å². The summed E-state index contributed by atoms with van der Waals surface area (Å²) < 4.78 is 18.1. The lowest BCUT2D eigenvalue weighted by molar-refractivity contribution is -0.144. The Balaban J connectivity index is 1.93. The van der Waals surface area contributed by atoms with Gasteiger partial charge in [0.25, 0.3) is 0 Å². The SMILES string of the molecule is O=C(O)C(COc1ccc(F)cc1)C1CCSC1. The number of rotatable bonds is 5. The number of benzene rings is 1. The lowest BCUT2D eigenvalue weighted by atomic mass is 9.93. The minimum absolute atomic E-state index is 0.145. The maximum Gasteiger partial charge on any atom is 0.310 e. The highest BCUT2D eigenvalue weighted by atomic mass is 32.2. The van der Waals surface area contributed by atoms with E-state index < -0.39 is 11.9 Å². The topological polar surface area (TPSA) is 46.5 Å². The molecule has 0 aliphatic carbocycles. The van der Waals surface area contributed by atoms with Crippen molar-refractivity contribution >= 4 is 17.7 Å². The van der Waals surface area contributed by atoms with Crippen LogP contribution in [0.3, 0.4) is 0 Å². The quantitative estimate of drug-likeness (QED) is 0.893. The third-order valence-corrected chi connectivity index (χ3v) is 4.28. The van der Waals surface area contributed by atoms with Crippen LogP contribution in [0.1, 0.15) is 6.42 Å². The summed E-state index contributed by atoms with van der Waals surface area (Å²) in [4.78, 5) is 11.2. The summed E-state index contributed by atoms with van der Waals surface area (Å²) in [7, 11) is 0. The second-order valence-corrected chi connectivity index (χ2v) is 5.48. The molecule has 5 heteroatoms. The van der Waals surface area contributed by atoms with Gasteiger partial charge in [-0.15, -0.1) is 0 Å². The molecule has 0 saturated carbocycles. The summed E-state index contributed by atoms with van der Waals surface area (Å²) in [5, 5.41) is 9.21. The van der Waals surface area contributed by atoms with Crippen LogP contribution in [0.5, 0.6) is 5.75 Å². The Morgan fingerprint density at radius 1 is 1.50 bits per heavy atom. The molecule has 0 aromatic heterocycles. The summed E-state index contributed by atoms with van der Waals surface area (Å²) in [5.41, 5.74) is 0. The average Bonchev–Trinajstić information content (AvgIpc) is 2.85. The normalized spacial score (nSPS) is 20.6. The molecule has 0 radical (unpaired) electrons. The molecular formula is C13H15FO3S. The van der Waals surface area contributed by atoms with E-state index in [1.165, 1.54) is 24.3 Å². The van der Waals surface area contributed by atoms with Gasteiger partial charge in [-0.25, -0.2) is 4.39 Å². The van der Waals surface area contributed by atoms with Crippen molar-refractivity contribution < 1.29 is 19.0 Å². The lowest BCUT2D eigenvalue weighted by Crippen LogP contribution is -2.29. The molecule has 1 heterocycles. The van der Waals surface area contributed by atoms with Crippen LogP contribution in [0.15, 0.2) is 24.3 Å². The molecule has 1 aromatic carbocycles. The molecule has 1 aromatic rings. The van der Waals surface area contributed by atoms with Gasteiger partial charge in [0.15, 0.2) is 0 Å². The van der Waals surface area contributed by atoms with E-state index in [1.54, 1.807) is 11.8 Å². The highest BCUT2D eigenvalue weighted by Crippen LogP contribution is 2.30. The second kappa shape index (κ2) is 6.09. The van der Waals surface area contributed by atoms with Crippen LogP contribution in [-0.2, 0) is 4.79 Å². The van der Waals surface area contributed by atoms with Crippen molar-refractivity contribution in [3.05, 3.63) is 30.1 Å². The molecule has 2 rings (SSSR count). The first kappa shape index (κ1) is 13.2. The van der Waals surface area contributed by atoms with E-state index in [2.05, 4.69) is 0 Å². The van der Waals surface area contributed by atoms with Crippen LogP contribution in [-0.4, -0.2) is 29.2 Å². The molecule has 3 nitrogen and oxygen atoms in total. The van der Waals surface area contributed by atoms with E-state index in [9.17, 15) is 14.3 Å². The number of carboxylic acids is 1. The number of carboxylic acid groups (broad SMARTS) is 1. The van der Waals surface area contributed by atoms with Crippen LogP contribution < -0.4 is 4.74 Å². The van der Waals surface area contributed by atoms with Crippen LogP contribution in [0.2, 0.25) is 0 Å². The molecule has 2 atom stereocenters. The Hall–Kier alpha value is -1.23. The maximum atomic E-state index is 12.7. The molecule has 1 saturated heterocycles. The second-order valence-electron chi connectivity index (χ2n) is 4.33. The molecule has 1 fully saturated rings. The third kappa shape index (κ3) is 3.38. The van der Waals surface area contributed by atoms with E-state index in [4.69, 9.17) is 4.74 Å². The highest BCUT2D eigenvalue weighted by Gasteiger charge is 2.31. The van der Waals surface area contributed by atoms with Gasteiger partial charge in [0.05, 0.1) is 5.92 Å². The molecule has 0 spiro atoms. The van der Waals surface area contributed by atoms with Gasteiger partial charge in [0, 0.05) is 0 Å². The number of aliphatic carboxylic acids is 1. The summed E-state index contributed by atoms with van der Waals surface area (Å²) in [6, 6.07) is 5.63. The zero-order valence-corrected chi connectivity index (χ0v) is 10.7. The van der Waals surface area contributed by atoms with Gasteiger partial charge in [0.2, 0.25) is 0 Å². The minimum Gasteiger partial charge on any atom is -0.493 e. The highest BCUT2D eigenvalue weighted by molar-refractivity contribution is 7.99. The van der Waals surface area contributed by atoms with Gasteiger partial charge in [0.1, 0.15) is 18.2 Å². The minimum atomic E-state index is -0.815. The van der Waals surface area contributed by atoms with Crippen molar-refractivity contribution in [2.45, 2.75) is 6.42 Å². The molecular weight excluding hydrogens is 255 g/mol. The average molecular weight is 270 g/mol. The van der Waals surface area contributed by atoms with E-state index in [0.717, 1.165) is 17.9 Å². The molecule has 0 amide bonds. The standard InChI is InChI=1S/C13H15FO3S/c14-10-1-3-11(4-2-10)17-7-12(13(15)16)9-5-6-18-8-9/h1-4,9,12H,5-8H2,(H,15,16). The molecule has 1 aliphatic rings. The van der Waals surface area contributed by atoms with Crippen molar-refractivity contribution in [3.63, 3.8) is 0 Å². The molecule has 2 unspecified atom stereocenters. The Bertz CT molecular complexity index is 401. The number of hydrogen-bond donors (Lipinski definition) is 1. The molecule has 0 bridgehead atoms. The first-order chi connectivity index (χ1) is 8.66. The first-order valence-electron chi connectivity index (χ1n) is 5.85. The van der Waals surface area contributed by atoms with Crippen molar-refractivity contribution in [3.8, 4) is 5.75 Å². The van der Waals surface area contributed by atoms with E-state index in [0.29, 0.717) is 5.75 Å². The maximum absolute atomic E-state index is 12.7. The Morgan fingerprint density at radius 3 is 2.78 bits per heavy atom. The number of carbonyl (C=O) groups is 1. The number of thioether (sulfide) groups is 1. The Labute approximate surface area is 109 Å². The molecule has 1 N–H and O–H groups in total.